The van der Waals surface area contributed by atoms with Crippen molar-refractivity contribution in [1.29, 1.82) is 0 Å². The molecule has 0 aromatic heterocycles. The van der Waals surface area contributed by atoms with Gasteiger partial charge in [-0.15, -0.1) is 0 Å². The average Bonchev–Trinajstić information content (AvgIpc) is 3.26. The van der Waals surface area contributed by atoms with E-state index >= 15 is 0 Å². The maximum atomic E-state index is 13.2. The van der Waals surface area contributed by atoms with Crippen LogP contribution >= 0.6 is 0 Å². The van der Waals surface area contributed by atoms with Gasteiger partial charge in [-0.3, -0.25) is 9.59 Å². The van der Waals surface area contributed by atoms with Crippen molar-refractivity contribution >= 4 is 46.1 Å². The van der Waals surface area contributed by atoms with Crippen LogP contribution in [0.2, 0.25) is 0 Å². The van der Waals surface area contributed by atoms with Crippen molar-refractivity contribution in [2.75, 3.05) is 49.8 Å². The molecule has 1 aliphatic heterocycles. The first-order valence-corrected chi connectivity index (χ1v) is 12.5. The molecule has 0 fully saturated rings. The lowest BCUT2D eigenvalue weighted by Gasteiger charge is -2.24. The number of fused-ring (bicyclic) bond motifs is 1. The number of carbonyl (C=O) groups is 3. The number of benzene rings is 3. The molecule has 4 rings (SSSR count). The van der Waals surface area contributed by atoms with Gasteiger partial charge in [-0.25, -0.2) is 4.79 Å². The Balaban J connectivity index is 1.71. The molecule has 38 heavy (non-hydrogen) atoms. The Hall–Kier alpha value is -4.43. The lowest BCUT2D eigenvalue weighted by molar-refractivity contribution is -0.118. The predicted octanol–water partition coefficient (Wildman–Crippen LogP) is 4.71. The van der Waals surface area contributed by atoms with Gasteiger partial charge < -0.3 is 25.2 Å². The number of nitrogens with one attached hydrogen (secondary N) is 2. The van der Waals surface area contributed by atoms with Crippen molar-refractivity contribution in [3.05, 3.63) is 89.5 Å². The molecule has 0 aliphatic carbocycles. The monoisotopic (exact) mass is 512 g/mol. The molecule has 2 N–H and O–H groups in total. The Labute approximate surface area is 222 Å². The summed E-state index contributed by atoms with van der Waals surface area (Å²) in [4.78, 5) is 41.6. The predicted molar refractivity (Wildman–Crippen MR) is 151 cm³/mol. The number of esters is 1. The highest BCUT2D eigenvalue weighted by Gasteiger charge is 2.29. The number of likely N-dealkylation sites (N-methyl/N-ethyl adjacent to an activating group) is 1. The summed E-state index contributed by atoms with van der Waals surface area (Å²) in [7, 11) is 5.28. The van der Waals surface area contributed by atoms with Crippen molar-refractivity contribution in [2.24, 2.45) is 0 Å². The van der Waals surface area contributed by atoms with Crippen LogP contribution in [0.15, 0.2) is 72.8 Å². The zero-order valence-electron chi connectivity index (χ0n) is 22.1. The summed E-state index contributed by atoms with van der Waals surface area (Å²) in [6.07, 6.45) is 0.421. The number of hydrogen-bond acceptors (Lipinski definition) is 6. The highest BCUT2D eigenvalue weighted by atomic mass is 16.5. The van der Waals surface area contributed by atoms with E-state index in [0.717, 1.165) is 23.5 Å². The molecule has 196 valence electrons. The maximum absolute atomic E-state index is 13.2. The van der Waals surface area contributed by atoms with Gasteiger partial charge in [0.05, 0.1) is 29.6 Å². The first-order valence-electron chi connectivity index (χ1n) is 12.5. The zero-order chi connectivity index (χ0) is 27.2. The molecule has 1 heterocycles. The summed E-state index contributed by atoms with van der Waals surface area (Å²) in [5, 5.41) is 6.31. The highest BCUT2D eigenvalue weighted by molar-refractivity contribution is 6.37. The largest absolute Gasteiger partial charge is 0.465 e. The van der Waals surface area contributed by atoms with Gasteiger partial charge in [0.1, 0.15) is 0 Å². The molecule has 0 radical (unpaired) electrons. The molecular weight excluding hydrogens is 480 g/mol. The SMILES string of the molecule is CCC(=O)N(CCN(C)C)c1ccc(N/C(=C2\C(=O)Nc3cc(C(=O)OC)ccc32)c2ccccc2)cc1. The number of amides is 2. The van der Waals surface area contributed by atoms with E-state index in [2.05, 4.69) is 10.6 Å². The van der Waals surface area contributed by atoms with Crippen molar-refractivity contribution in [3.8, 4) is 0 Å². The zero-order valence-corrected chi connectivity index (χ0v) is 22.1. The first kappa shape index (κ1) is 26.6. The smallest absolute Gasteiger partial charge is 0.337 e. The molecular formula is C30H32N4O4. The molecule has 0 bridgehead atoms. The fourth-order valence-corrected chi connectivity index (χ4v) is 4.31. The van der Waals surface area contributed by atoms with Crippen LogP contribution < -0.4 is 15.5 Å². The lowest BCUT2D eigenvalue weighted by Crippen LogP contribution is -2.36. The fraction of sp³-hybridized carbons (Fsp3) is 0.233. The molecule has 1 aliphatic rings. The second-order valence-corrected chi connectivity index (χ2v) is 9.20. The van der Waals surface area contributed by atoms with E-state index in [4.69, 9.17) is 4.74 Å². The average molecular weight is 513 g/mol. The van der Waals surface area contributed by atoms with E-state index in [1.54, 1.807) is 23.1 Å². The van der Waals surface area contributed by atoms with E-state index in [1.165, 1.54) is 7.11 Å². The molecule has 2 amide bonds. The Morgan fingerprint density at radius 1 is 0.921 bits per heavy atom. The topological polar surface area (TPSA) is 91.0 Å². The Morgan fingerprint density at radius 2 is 1.63 bits per heavy atom. The summed E-state index contributed by atoms with van der Waals surface area (Å²) >= 11 is 0. The van der Waals surface area contributed by atoms with Gasteiger partial charge in [0.25, 0.3) is 5.91 Å². The third-order valence-corrected chi connectivity index (χ3v) is 6.32. The van der Waals surface area contributed by atoms with Crippen molar-refractivity contribution in [3.63, 3.8) is 0 Å². The van der Waals surface area contributed by atoms with Crippen LogP contribution in [-0.4, -0.2) is 57.0 Å². The third-order valence-electron chi connectivity index (χ3n) is 6.32. The standard InChI is InChI=1S/C30H32N4O4/c1-5-26(35)34(18-17-33(2)3)23-14-12-22(13-15-23)31-28(20-9-7-6-8-10-20)27-24-16-11-21(30(37)38-4)19-25(24)32-29(27)36/h6-16,19,31H,5,17-18H2,1-4H3,(H,32,36)/b28-27-. The molecule has 0 atom stereocenters. The number of ether oxygens (including phenoxy) is 1. The van der Waals surface area contributed by atoms with Crippen LogP contribution in [0, 0.1) is 0 Å². The fourth-order valence-electron chi connectivity index (χ4n) is 4.31. The lowest BCUT2D eigenvalue weighted by atomic mass is 9.99. The van der Waals surface area contributed by atoms with Crippen molar-refractivity contribution < 1.29 is 19.1 Å². The van der Waals surface area contributed by atoms with Crippen LogP contribution in [0.25, 0.3) is 11.3 Å². The summed E-state index contributed by atoms with van der Waals surface area (Å²) in [6.45, 7) is 3.20. The van der Waals surface area contributed by atoms with Crippen LogP contribution in [-0.2, 0) is 14.3 Å². The van der Waals surface area contributed by atoms with E-state index < -0.39 is 5.97 Å². The Kier molecular flexibility index (Phi) is 8.23. The quantitative estimate of drug-likeness (QED) is 0.319. The van der Waals surface area contributed by atoms with Crippen molar-refractivity contribution in [2.45, 2.75) is 13.3 Å². The third kappa shape index (κ3) is 5.76. The van der Waals surface area contributed by atoms with Gasteiger partial charge >= 0.3 is 5.97 Å². The summed E-state index contributed by atoms with van der Waals surface area (Å²) < 4.78 is 4.82. The van der Waals surface area contributed by atoms with Gasteiger partial charge in [0.15, 0.2) is 0 Å². The normalized spacial score (nSPS) is 13.6. The van der Waals surface area contributed by atoms with Crippen LogP contribution in [0.3, 0.4) is 0 Å². The molecule has 0 spiro atoms. The van der Waals surface area contributed by atoms with Gasteiger partial charge in [-0.1, -0.05) is 43.3 Å². The van der Waals surface area contributed by atoms with Crippen molar-refractivity contribution in [1.82, 2.24) is 4.90 Å². The van der Waals surface area contributed by atoms with E-state index in [0.29, 0.717) is 41.1 Å². The minimum Gasteiger partial charge on any atom is -0.465 e. The van der Waals surface area contributed by atoms with Gasteiger partial charge in [0, 0.05) is 36.4 Å². The number of hydrogen-bond donors (Lipinski definition) is 2. The molecule has 8 heteroatoms. The highest BCUT2D eigenvalue weighted by Crippen LogP contribution is 2.38. The van der Waals surface area contributed by atoms with Crippen LogP contribution in [0.4, 0.5) is 17.1 Å². The second kappa shape index (κ2) is 11.7. The van der Waals surface area contributed by atoms with Crippen LogP contribution in [0.1, 0.15) is 34.8 Å². The molecule has 3 aromatic carbocycles. The maximum Gasteiger partial charge on any atom is 0.337 e. The number of nitrogens with zero attached hydrogens (tertiary/aromatic N) is 2. The van der Waals surface area contributed by atoms with Gasteiger partial charge in [0.2, 0.25) is 5.91 Å². The summed E-state index contributed by atoms with van der Waals surface area (Å²) in [5.41, 5.74) is 5.12. The van der Waals surface area contributed by atoms with Crippen LogP contribution in [0.5, 0.6) is 0 Å². The van der Waals surface area contributed by atoms with E-state index in [1.807, 2.05) is 80.5 Å². The van der Waals surface area contributed by atoms with Gasteiger partial charge in [-0.05, 0) is 56.1 Å². The first-order chi connectivity index (χ1) is 18.3. The van der Waals surface area contributed by atoms with E-state index in [9.17, 15) is 14.4 Å². The number of rotatable bonds is 9. The number of anilines is 3. The molecule has 3 aromatic rings. The number of carbonyl (C=O) groups excluding carboxylic acids is 3. The molecule has 0 saturated heterocycles. The second-order valence-electron chi connectivity index (χ2n) is 9.20. The molecule has 0 unspecified atom stereocenters. The number of methoxy groups -OCH3 is 1. The summed E-state index contributed by atoms with van der Waals surface area (Å²) in [6, 6.07) is 22.2. The molecule has 0 saturated carbocycles. The minimum atomic E-state index is -0.470. The van der Waals surface area contributed by atoms with E-state index in [-0.39, 0.29) is 11.8 Å². The Bertz CT molecular complexity index is 1360. The molecule has 8 nitrogen and oxygen atoms in total. The Morgan fingerprint density at radius 3 is 2.26 bits per heavy atom. The minimum absolute atomic E-state index is 0.0604. The summed E-state index contributed by atoms with van der Waals surface area (Å²) in [5.74, 6) is -0.680. The van der Waals surface area contributed by atoms with Gasteiger partial charge in [-0.2, -0.15) is 0 Å².